The van der Waals surface area contributed by atoms with Crippen LogP contribution in [0.3, 0.4) is 0 Å². The van der Waals surface area contributed by atoms with Gasteiger partial charge in [-0.3, -0.25) is 0 Å². The van der Waals surface area contributed by atoms with E-state index in [1.54, 1.807) is 7.11 Å². The number of nitrogens with two attached hydrogens (primary N) is 1. The minimum absolute atomic E-state index is 0.0538. The van der Waals surface area contributed by atoms with E-state index in [2.05, 4.69) is 19.9 Å². The standard InChI is InChI=1S/C23H39NO3/c1-18(2)7-4-5-14-27-21-11-10-19(15-22(21)26-3)12-13-23(24,17-25)16-20-8-6-9-20/h10-11,15,18,20,25H,4-9,12-14,16-17,24H2,1-3H3/t23-/m0/s1. The number of hydrogen-bond donors (Lipinski definition) is 2. The van der Waals surface area contributed by atoms with Gasteiger partial charge < -0.3 is 20.3 Å². The summed E-state index contributed by atoms with van der Waals surface area (Å²) >= 11 is 0. The van der Waals surface area contributed by atoms with Crippen LogP contribution in [0.5, 0.6) is 11.5 Å². The molecule has 1 aliphatic rings. The van der Waals surface area contributed by atoms with Crippen LogP contribution >= 0.6 is 0 Å². The second-order valence-electron chi connectivity index (χ2n) is 8.74. The van der Waals surface area contributed by atoms with Crippen LogP contribution in [0.1, 0.15) is 70.8 Å². The quantitative estimate of drug-likeness (QED) is 0.489. The van der Waals surface area contributed by atoms with E-state index in [0.29, 0.717) is 5.92 Å². The molecule has 0 bridgehead atoms. The third-order valence-electron chi connectivity index (χ3n) is 5.81. The molecule has 0 heterocycles. The number of methoxy groups -OCH3 is 1. The van der Waals surface area contributed by atoms with Gasteiger partial charge in [-0.15, -0.1) is 0 Å². The molecule has 0 saturated heterocycles. The second-order valence-corrected chi connectivity index (χ2v) is 8.74. The first-order valence-electron chi connectivity index (χ1n) is 10.7. The summed E-state index contributed by atoms with van der Waals surface area (Å²) in [6.07, 6.45) is 9.89. The fourth-order valence-corrected chi connectivity index (χ4v) is 3.73. The molecule has 0 aliphatic heterocycles. The van der Waals surface area contributed by atoms with E-state index < -0.39 is 5.54 Å². The van der Waals surface area contributed by atoms with Gasteiger partial charge in [-0.1, -0.05) is 45.6 Å². The van der Waals surface area contributed by atoms with E-state index in [1.807, 2.05) is 12.1 Å². The third-order valence-corrected chi connectivity index (χ3v) is 5.81. The number of rotatable bonds is 13. The normalized spacial score (nSPS) is 16.8. The number of hydrogen-bond acceptors (Lipinski definition) is 4. The molecule has 1 aliphatic carbocycles. The molecule has 1 saturated carbocycles. The first-order chi connectivity index (χ1) is 13.0. The molecule has 4 heteroatoms. The Balaban J connectivity index is 1.84. The lowest BCUT2D eigenvalue weighted by Crippen LogP contribution is -2.46. The highest BCUT2D eigenvalue weighted by molar-refractivity contribution is 5.43. The summed E-state index contributed by atoms with van der Waals surface area (Å²) < 4.78 is 11.4. The molecule has 0 unspecified atom stereocenters. The van der Waals surface area contributed by atoms with Crippen molar-refractivity contribution in [1.82, 2.24) is 0 Å². The van der Waals surface area contributed by atoms with Gasteiger partial charge in [0.15, 0.2) is 11.5 Å². The number of ether oxygens (including phenoxy) is 2. The molecule has 0 spiro atoms. The Labute approximate surface area is 165 Å². The average Bonchev–Trinajstić information content (AvgIpc) is 2.63. The fourth-order valence-electron chi connectivity index (χ4n) is 3.73. The van der Waals surface area contributed by atoms with Gasteiger partial charge in [-0.25, -0.2) is 0 Å². The fraction of sp³-hybridized carbons (Fsp3) is 0.739. The molecule has 4 nitrogen and oxygen atoms in total. The average molecular weight is 378 g/mol. The Morgan fingerprint density at radius 1 is 1.22 bits per heavy atom. The maximum absolute atomic E-state index is 9.78. The largest absolute Gasteiger partial charge is 0.493 e. The van der Waals surface area contributed by atoms with Crippen molar-refractivity contribution in [2.75, 3.05) is 20.3 Å². The Hall–Kier alpha value is -1.26. The van der Waals surface area contributed by atoms with Crippen molar-refractivity contribution in [3.05, 3.63) is 23.8 Å². The van der Waals surface area contributed by atoms with Crippen molar-refractivity contribution in [3.63, 3.8) is 0 Å². The predicted octanol–water partition coefficient (Wildman–Crippen LogP) is 4.71. The number of aliphatic hydroxyl groups is 1. The van der Waals surface area contributed by atoms with E-state index in [4.69, 9.17) is 15.2 Å². The number of aryl methyl sites for hydroxylation is 1. The molecular weight excluding hydrogens is 338 g/mol. The molecule has 1 atom stereocenters. The van der Waals surface area contributed by atoms with Crippen LogP contribution in [0.4, 0.5) is 0 Å². The molecule has 2 rings (SSSR count). The highest BCUT2D eigenvalue weighted by Gasteiger charge is 2.30. The van der Waals surface area contributed by atoms with E-state index in [1.165, 1.54) is 37.7 Å². The Kier molecular flexibility index (Phi) is 8.91. The molecule has 1 aromatic rings. The zero-order valence-electron chi connectivity index (χ0n) is 17.5. The molecule has 154 valence electrons. The van der Waals surface area contributed by atoms with Crippen LogP contribution in [0, 0.1) is 11.8 Å². The van der Waals surface area contributed by atoms with Gasteiger partial charge in [0.25, 0.3) is 0 Å². The van der Waals surface area contributed by atoms with Crippen molar-refractivity contribution in [2.45, 2.75) is 77.2 Å². The van der Waals surface area contributed by atoms with Gasteiger partial charge >= 0.3 is 0 Å². The molecule has 1 fully saturated rings. The molecule has 3 N–H and O–H groups in total. The van der Waals surface area contributed by atoms with E-state index in [9.17, 15) is 5.11 Å². The van der Waals surface area contributed by atoms with Crippen molar-refractivity contribution >= 4 is 0 Å². The van der Waals surface area contributed by atoms with Crippen molar-refractivity contribution in [1.29, 1.82) is 0 Å². The highest BCUT2D eigenvalue weighted by atomic mass is 16.5. The second kappa shape index (κ2) is 10.9. The highest BCUT2D eigenvalue weighted by Crippen LogP contribution is 2.35. The molecule has 27 heavy (non-hydrogen) atoms. The summed E-state index contributed by atoms with van der Waals surface area (Å²) in [6, 6.07) is 6.14. The van der Waals surface area contributed by atoms with Gasteiger partial charge in [0.05, 0.1) is 20.3 Å². The lowest BCUT2D eigenvalue weighted by atomic mass is 9.75. The maximum Gasteiger partial charge on any atom is 0.161 e. The zero-order valence-corrected chi connectivity index (χ0v) is 17.5. The topological polar surface area (TPSA) is 64.7 Å². The Morgan fingerprint density at radius 3 is 2.59 bits per heavy atom. The van der Waals surface area contributed by atoms with Crippen molar-refractivity contribution in [2.24, 2.45) is 17.6 Å². The summed E-state index contributed by atoms with van der Waals surface area (Å²) in [6.45, 7) is 5.28. The van der Waals surface area contributed by atoms with E-state index >= 15 is 0 Å². The number of unbranched alkanes of at least 4 members (excludes halogenated alkanes) is 1. The van der Waals surface area contributed by atoms with Crippen LogP contribution in [0.25, 0.3) is 0 Å². The summed E-state index contributed by atoms with van der Waals surface area (Å²) in [4.78, 5) is 0. The summed E-state index contributed by atoms with van der Waals surface area (Å²) in [5.74, 6) is 3.03. The van der Waals surface area contributed by atoms with Gasteiger partial charge in [0.2, 0.25) is 0 Å². The zero-order chi connectivity index (χ0) is 19.7. The summed E-state index contributed by atoms with van der Waals surface area (Å²) in [7, 11) is 1.68. The first-order valence-corrected chi connectivity index (χ1v) is 10.7. The number of aliphatic hydroxyl groups excluding tert-OH is 1. The monoisotopic (exact) mass is 377 g/mol. The van der Waals surface area contributed by atoms with Crippen molar-refractivity contribution < 1.29 is 14.6 Å². The van der Waals surface area contributed by atoms with Gasteiger partial charge in [-0.05, 0) is 61.6 Å². The van der Waals surface area contributed by atoms with Crippen molar-refractivity contribution in [3.8, 4) is 11.5 Å². The maximum atomic E-state index is 9.78. The van der Waals surface area contributed by atoms with Gasteiger partial charge in [0.1, 0.15) is 0 Å². The molecule has 0 aromatic heterocycles. The van der Waals surface area contributed by atoms with Crippen LogP contribution in [0.2, 0.25) is 0 Å². The van der Waals surface area contributed by atoms with E-state index in [0.717, 1.165) is 49.7 Å². The van der Waals surface area contributed by atoms with Crippen LogP contribution < -0.4 is 15.2 Å². The molecule has 1 aromatic carbocycles. The lowest BCUT2D eigenvalue weighted by Gasteiger charge is -2.35. The molecule has 0 amide bonds. The molecule has 0 radical (unpaired) electrons. The Morgan fingerprint density at radius 2 is 2.00 bits per heavy atom. The van der Waals surface area contributed by atoms with Crippen LogP contribution in [-0.4, -0.2) is 31.0 Å². The lowest BCUT2D eigenvalue weighted by molar-refractivity contribution is 0.135. The van der Waals surface area contributed by atoms with Gasteiger partial charge in [-0.2, -0.15) is 0 Å². The van der Waals surface area contributed by atoms with Crippen LogP contribution in [0.15, 0.2) is 18.2 Å². The Bertz CT molecular complexity index is 557. The van der Waals surface area contributed by atoms with E-state index in [-0.39, 0.29) is 6.61 Å². The predicted molar refractivity (Wildman–Crippen MR) is 111 cm³/mol. The first kappa shape index (κ1) is 22.0. The van der Waals surface area contributed by atoms with Gasteiger partial charge in [0, 0.05) is 5.54 Å². The molecular formula is C23H39NO3. The van der Waals surface area contributed by atoms with Crippen LogP contribution in [-0.2, 0) is 6.42 Å². The minimum atomic E-state index is -0.468. The third kappa shape index (κ3) is 7.34. The smallest absolute Gasteiger partial charge is 0.161 e. The minimum Gasteiger partial charge on any atom is -0.493 e. The number of benzene rings is 1. The summed E-state index contributed by atoms with van der Waals surface area (Å²) in [5.41, 5.74) is 7.17. The SMILES string of the molecule is COc1cc(CC[C@@](N)(CO)CC2CCC2)ccc1OCCCCC(C)C. The summed E-state index contributed by atoms with van der Waals surface area (Å²) in [5, 5.41) is 9.78.